The molecule has 1 aromatic carbocycles. The van der Waals surface area contributed by atoms with Crippen LogP contribution in [0.4, 0.5) is 0 Å². The molecule has 2 rings (SSSR count). The highest BCUT2D eigenvalue weighted by molar-refractivity contribution is 14.1. The van der Waals surface area contributed by atoms with E-state index in [4.69, 9.17) is 0 Å². The Morgan fingerprint density at radius 3 is 2.92 bits per heavy atom. The highest BCUT2D eigenvalue weighted by Crippen LogP contribution is 2.15. The summed E-state index contributed by atoms with van der Waals surface area (Å²) < 4.78 is 0.0587. The molecule has 1 heterocycles. The van der Waals surface area contributed by atoms with E-state index in [0.717, 1.165) is 16.5 Å². The first kappa shape index (κ1) is 8.62. The summed E-state index contributed by atoms with van der Waals surface area (Å²) in [7, 11) is 0. The van der Waals surface area contributed by atoms with Crippen LogP contribution < -0.4 is 0 Å². The Labute approximate surface area is 89.1 Å². The fourth-order valence-corrected chi connectivity index (χ4v) is 1.53. The summed E-state index contributed by atoms with van der Waals surface area (Å²) in [6.45, 7) is 0. The number of hydrogen-bond acceptors (Lipinski definition) is 2. The molecule has 3 heteroatoms. The Hall–Kier alpha value is -0.970. The number of benzene rings is 1. The molecule has 0 unspecified atom stereocenters. The van der Waals surface area contributed by atoms with Gasteiger partial charge in [0, 0.05) is 39.7 Å². The predicted octanol–water partition coefficient (Wildman–Crippen LogP) is 2.81. The molecule has 64 valence electrons. The Balaban J connectivity index is 2.69. The topological polar surface area (TPSA) is 30.0 Å². The van der Waals surface area contributed by atoms with Crippen molar-refractivity contribution in [1.29, 1.82) is 0 Å². The van der Waals surface area contributed by atoms with Gasteiger partial charge in [-0.2, -0.15) is 0 Å². The predicted molar refractivity (Wildman–Crippen MR) is 60.1 cm³/mol. The van der Waals surface area contributed by atoms with E-state index in [0.29, 0.717) is 0 Å². The molecule has 0 aliphatic heterocycles. The SMILES string of the molecule is O=C(I)c1ccc2ncccc2c1. The Kier molecular flexibility index (Phi) is 2.26. The molecule has 13 heavy (non-hydrogen) atoms. The first-order valence-electron chi connectivity index (χ1n) is 3.82. The molecule has 0 atom stereocenters. The number of pyridine rings is 1. The molecule has 0 saturated carbocycles. The molecule has 0 spiro atoms. The molecule has 0 bridgehead atoms. The highest BCUT2D eigenvalue weighted by atomic mass is 127. The third-order valence-corrected chi connectivity index (χ3v) is 2.45. The van der Waals surface area contributed by atoms with E-state index in [9.17, 15) is 4.79 Å². The lowest BCUT2D eigenvalue weighted by Crippen LogP contribution is -1.87. The van der Waals surface area contributed by atoms with Crippen LogP contribution in [0.3, 0.4) is 0 Å². The van der Waals surface area contributed by atoms with E-state index in [1.54, 1.807) is 34.9 Å². The standard InChI is InChI=1S/C10H6INO/c11-10(13)8-3-4-9-7(6-8)2-1-5-12-9/h1-6H. The van der Waals surface area contributed by atoms with Gasteiger partial charge in [-0.15, -0.1) is 0 Å². The van der Waals surface area contributed by atoms with Crippen LogP contribution in [0.25, 0.3) is 10.9 Å². The molecular formula is C10H6INO. The molecule has 2 aromatic rings. The zero-order valence-electron chi connectivity index (χ0n) is 6.70. The fraction of sp³-hybridized carbons (Fsp3) is 0. The minimum absolute atomic E-state index is 0.0587. The van der Waals surface area contributed by atoms with E-state index in [2.05, 4.69) is 4.98 Å². The molecule has 0 aliphatic rings. The maximum Gasteiger partial charge on any atom is 0.222 e. The van der Waals surface area contributed by atoms with Gasteiger partial charge in [0.1, 0.15) is 0 Å². The molecule has 2 nitrogen and oxygen atoms in total. The van der Waals surface area contributed by atoms with Gasteiger partial charge in [-0.1, -0.05) is 6.07 Å². The largest absolute Gasteiger partial charge is 0.282 e. The quantitative estimate of drug-likeness (QED) is 0.595. The van der Waals surface area contributed by atoms with Crippen molar-refractivity contribution in [2.45, 2.75) is 0 Å². The summed E-state index contributed by atoms with van der Waals surface area (Å²) in [5.41, 5.74) is 1.64. The molecule has 0 fully saturated rings. The number of hydrogen-bond donors (Lipinski definition) is 0. The van der Waals surface area contributed by atoms with E-state index in [-0.39, 0.29) is 3.79 Å². The van der Waals surface area contributed by atoms with Gasteiger partial charge in [-0.3, -0.25) is 9.78 Å². The summed E-state index contributed by atoms with van der Waals surface area (Å²) in [5, 5.41) is 1.00. The minimum atomic E-state index is 0.0587. The van der Waals surface area contributed by atoms with Crippen molar-refractivity contribution in [1.82, 2.24) is 4.98 Å². The number of fused-ring (bicyclic) bond motifs is 1. The van der Waals surface area contributed by atoms with Crippen molar-refractivity contribution in [2.75, 3.05) is 0 Å². The average molecular weight is 283 g/mol. The Bertz CT molecular complexity index is 467. The van der Waals surface area contributed by atoms with Crippen molar-refractivity contribution < 1.29 is 4.79 Å². The van der Waals surface area contributed by atoms with Gasteiger partial charge < -0.3 is 0 Å². The molecule has 0 radical (unpaired) electrons. The number of halogens is 1. The van der Waals surface area contributed by atoms with Crippen LogP contribution in [0, 0.1) is 0 Å². The van der Waals surface area contributed by atoms with Gasteiger partial charge in [0.05, 0.1) is 5.52 Å². The Morgan fingerprint density at radius 2 is 2.15 bits per heavy atom. The van der Waals surface area contributed by atoms with E-state index in [1.807, 2.05) is 24.3 Å². The summed E-state index contributed by atoms with van der Waals surface area (Å²) in [4.78, 5) is 15.2. The fourth-order valence-electron chi connectivity index (χ4n) is 1.20. The van der Waals surface area contributed by atoms with Crippen LogP contribution >= 0.6 is 22.6 Å². The third-order valence-electron chi connectivity index (χ3n) is 1.83. The molecule has 0 amide bonds. The first-order valence-corrected chi connectivity index (χ1v) is 4.90. The number of carbonyl (C=O) groups is 1. The maximum atomic E-state index is 11.1. The lowest BCUT2D eigenvalue weighted by Gasteiger charge is -1.97. The van der Waals surface area contributed by atoms with E-state index in [1.165, 1.54) is 0 Å². The smallest absolute Gasteiger partial charge is 0.222 e. The monoisotopic (exact) mass is 283 g/mol. The minimum Gasteiger partial charge on any atom is -0.282 e. The zero-order valence-corrected chi connectivity index (χ0v) is 8.86. The van der Waals surface area contributed by atoms with Crippen LogP contribution in [0.15, 0.2) is 36.5 Å². The van der Waals surface area contributed by atoms with Gasteiger partial charge in [-0.05, 0) is 24.3 Å². The van der Waals surface area contributed by atoms with Gasteiger partial charge in [-0.25, -0.2) is 0 Å². The molecular weight excluding hydrogens is 277 g/mol. The van der Waals surface area contributed by atoms with Gasteiger partial charge in [0.25, 0.3) is 0 Å². The number of carbonyl (C=O) groups excluding carboxylic acids is 1. The summed E-state index contributed by atoms with van der Waals surface area (Å²) in [5.74, 6) is 0. The van der Waals surface area contributed by atoms with Crippen LogP contribution in [0.1, 0.15) is 10.4 Å². The van der Waals surface area contributed by atoms with E-state index < -0.39 is 0 Å². The van der Waals surface area contributed by atoms with Crippen LogP contribution in [0.5, 0.6) is 0 Å². The lowest BCUT2D eigenvalue weighted by molar-refractivity contribution is 0.110. The molecule has 1 aromatic heterocycles. The normalized spacial score (nSPS) is 10.2. The second-order valence-corrected chi connectivity index (χ2v) is 3.66. The van der Waals surface area contributed by atoms with Gasteiger partial charge >= 0.3 is 0 Å². The van der Waals surface area contributed by atoms with E-state index >= 15 is 0 Å². The molecule has 0 saturated heterocycles. The first-order chi connectivity index (χ1) is 6.27. The number of rotatable bonds is 1. The van der Waals surface area contributed by atoms with Gasteiger partial charge in [0.2, 0.25) is 3.79 Å². The van der Waals surface area contributed by atoms with Crippen molar-refractivity contribution in [3.8, 4) is 0 Å². The zero-order chi connectivity index (χ0) is 9.26. The van der Waals surface area contributed by atoms with Crippen molar-refractivity contribution in [3.63, 3.8) is 0 Å². The highest BCUT2D eigenvalue weighted by Gasteiger charge is 2.01. The lowest BCUT2D eigenvalue weighted by atomic mass is 10.1. The van der Waals surface area contributed by atoms with Crippen molar-refractivity contribution in [2.24, 2.45) is 0 Å². The number of nitrogens with zero attached hydrogens (tertiary/aromatic N) is 1. The molecule has 0 N–H and O–H groups in total. The third kappa shape index (κ3) is 1.70. The average Bonchev–Trinajstić information content (AvgIpc) is 2.17. The van der Waals surface area contributed by atoms with Gasteiger partial charge in [0.15, 0.2) is 0 Å². The van der Waals surface area contributed by atoms with Crippen LogP contribution in [-0.4, -0.2) is 8.77 Å². The summed E-state index contributed by atoms with van der Waals surface area (Å²) in [6.07, 6.45) is 1.74. The molecule has 0 aliphatic carbocycles. The summed E-state index contributed by atoms with van der Waals surface area (Å²) in [6, 6.07) is 9.33. The van der Waals surface area contributed by atoms with Crippen molar-refractivity contribution >= 4 is 37.3 Å². The van der Waals surface area contributed by atoms with Crippen LogP contribution in [-0.2, 0) is 0 Å². The van der Waals surface area contributed by atoms with Crippen LogP contribution in [0.2, 0.25) is 0 Å². The van der Waals surface area contributed by atoms with Crippen molar-refractivity contribution in [3.05, 3.63) is 42.1 Å². The number of aromatic nitrogens is 1. The summed E-state index contributed by atoms with van der Waals surface area (Å²) >= 11 is 1.78. The Morgan fingerprint density at radius 1 is 1.31 bits per heavy atom. The maximum absolute atomic E-state index is 11.1. The second-order valence-electron chi connectivity index (χ2n) is 2.68. The second kappa shape index (κ2) is 3.41.